The minimum atomic E-state index is -0.836. The molecule has 0 aromatic heterocycles. The lowest BCUT2D eigenvalue weighted by Crippen LogP contribution is -2.35. The zero-order valence-electron chi connectivity index (χ0n) is 20.5. The van der Waals surface area contributed by atoms with Crippen molar-refractivity contribution < 1.29 is 28.9 Å². The first kappa shape index (κ1) is 25.1. The highest BCUT2D eigenvalue weighted by molar-refractivity contribution is 6.46. The molecule has 8 nitrogen and oxygen atoms in total. The predicted octanol–water partition coefficient (Wildman–Crippen LogP) is 3.47. The van der Waals surface area contributed by atoms with Crippen molar-refractivity contribution in [2.45, 2.75) is 26.0 Å². The van der Waals surface area contributed by atoms with E-state index in [1.807, 2.05) is 32.8 Å². The third kappa shape index (κ3) is 5.02. The number of benzene rings is 2. The van der Waals surface area contributed by atoms with Gasteiger partial charge in [-0.1, -0.05) is 12.1 Å². The van der Waals surface area contributed by atoms with Gasteiger partial charge < -0.3 is 29.1 Å². The molecule has 0 aliphatic carbocycles. The molecule has 0 spiro atoms. The van der Waals surface area contributed by atoms with Crippen LogP contribution in [-0.4, -0.2) is 74.1 Å². The molecule has 1 heterocycles. The largest absolute Gasteiger partial charge is 0.507 e. The fourth-order valence-corrected chi connectivity index (χ4v) is 3.99. The molecule has 0 saturated carbocycles. The molecule has 1 fully saturated rings. The number of carbonyl (C=O) groups is 2. The zero-order chi connectivity index (χ0) is 25.0. The Morgan fingerprint density at radius 2 is 1.74 bits per heavy atom. The highest BCUT2D eigenvalue weighted by atomic mass is 16.5. The quantitative estimate of drug-likeness (QED) is 0.342. The van der Waals surface area contributed by atoms with Crippen molar-refractivity contribution in [1.82, 2.24) is 9.80 Å². The lowest BCUT2D eigenvalue weighted by atomic mass is 9.94. The Bertz CT molecular complexity index is 1080. The van der Waals surface area contributed by atoms with Crippen LogP contribution in [0.15, 0.2) is 48.0 Å². The maximum absolute atomic E-state index is 13.2. The van der Waals surface area contributed by atoms with Crippen LogP contribution in [0.5, 0.6) is 17.2 Å². The highest BCUT2D eigenvalue weighted by Crippen LogP contribution is 2.45. The van der Waals surface area contributed by atoms with Gasteiger partial charge in [-0.05, 0) is 58.3 Å². The average Bonchev–Trinajstić information content (AvgIpc) is 3.06. The van der Waals surface area contributed by atoms with Crippen LogP contribution < -0.4 is 14.2 Å². The third-order valence-corrected chi connectivity index (χ3v) is 5.56. The topological polar surface area (TPSA) is 88.5 Å². The average molecular weight is 469 g/mol. The van der Waals surface area contributed by atoms with E-state index in [1.54, 1.807) is 42.5 Å². The van der Waals surface area contributed by atoms with Crippen LogP contribution in [0.3, 0.4) is 0 Å². The number of ketones is 1. The second kappa shape index (κ2) is 10.6. The number of likely N-dealkylation sites (tertiary alicyclic amines) is 1. The van der Waals surface area contributed by atoms with E-state index >= 15 is 0 Å². The summed E-state index contributed by atoms with van der Waals surface area (Å²) >= 11 is 0. The van der Waals surface area contributed by atoms with Crippen LogP contribution in [0.25, 0.3) is 5.76 Å². The standard InChI is InChI=1S/C26H32N2O6/c1-16(2)34-18-12-10-17(11-13-18)23(29)21-22(19-8-7-9-20(32-5)25(19)33-6)28(15-14-27(3)4)26(31)24(21)30/h7-13,16,22,29H,14-15H2,1-6H3/b23-21-. The van der Waals surface area contributed by atoms with Gasteiger partial charge in [0.05, 0.1) is 31.9 Å². The summed E-state index contributed by atoms with van der Waals surface area (Å²) in [6.07, 6.45) is 0.00185. The van der Waals surface area contributed by atoms with Crippen LogP contribution in [0.2, 0.25) is 0 Å². The molecule has 2 aromatic rings. The lowest BCUT2D eigenvalue weighted by molar-refractivity contribution is -0.140. The van der Waals surface area contributed by atoms with Crippen molar-refractivity contribution in [3.8, 4) is 17.2 Å². The van der Waals surface area contributed by atoms with Gasteiger partial charge >= 0.3 is 0 Å². The molecular weight excluding hydrogens is 436 g/mol. The Kier molecular flexibility index (Phi) is 7.83. The maximum Gasteiger partial charge on any atom is 0.295 e. The van der Waals surface area contributed by atoms with Gasteiger partial charge in [-0.2, -0.15) is 0 Å². The molecule has 1 aliphatic heterocycles. The van der Waals surface area contributed by atoms with Crippen molar-refractivity contribution in [3.05, 3.63) is 59.2 Å². The first-order valence-electron chi connectivity index (χ1n) is 11.1. The predicted molar refractivity (Wildman–Crippen MR) is 129 cm³/mol. The van der Waals surface area contributed by atoms with Crippen molar-refractivity contribution in [2.75, 3.05) is 41.4 Å². The second-order valence-electron chi connectivity index (χ2n) is 8.57. The summed E-state index contributed by atoms with van der Waals surface area (Å²) in [5, 5.41) is 11.3. The van der Waals surface area contributed by atoms with Gasteiger partial charge in [0.2, 0.25) is 0 Å². The first-order valence-corrected chi connectivity index (χ1v) is 11.1. The monoisotopic (exact) mass is 468 g/mol. The van der Waals surface area contributed by atoms with E-state index in [1.165, 1.54) is 19.1 Å². The molecular formula is C26H32N2O6. The van der Waals surface area contributed by atoms with Crippen LogP contribution in [0, 0.1) is 0 Å². The Balaban J connectivity index is 2.17. The van der Waals surface area contributed by atoms with Crippen LogP contribution in [0.4, 0.5) is 0 Å². The lowest BCUT2D eigenvalue weighted by Gasteiger charge is -2.28. The number of para-hydroxylation sites is 1. The number of hydrogen-bond donors (Lipinski definition) is 1. The van der Waals surface area contributed by atoms with E-state index in [9.17, 15) is 14.7 Å². The van der Waals surface area contributed by atoms with Crippen LogP contribution >= 0.6 is 0 Å². The summed E-state index contributed by atoms with van der Waals surface area (Å²) in [5.74, 6) is -0.154. The zero-order valence-corrected chi connectivity index (χ0v) is 20.5. The molecule has 1 unspecified atom stereocenters. The van der Waals surface area contributed by atoms with E-state index in [2.05, 4.69) is 0 Å². The van der Waals surface area contributed by atoms with Crippen LogP contribution in [0.1, 0.15) is 31.0 Å². The Labute approximate surface area is 200 Å². The fourth-order valence-electron chi connectivity index (χ4n) is 3.99. The smallest absolute Gasteiger partial charge is 0.295 e. The number of aliphatic hydroxyl groups is 1. The van der Waals surface area contributed by atoms with Crippen molar-refractivity contribution >= 4 is 17.4 Å². The molecule has 8 heteroatoms. The molecule has 3 rings (SSSR count). The molecule has 182 valence electrons. The number of aliphatic hydroxyl groups excluding tert-OH is 1. The second-order valence-corrected chi connectivity index (χ2v) is 8.57. The minimum Gasteiger partial charge on any atom is -0.507 e. The first-order chi connectivity index (χ1) is 16.2. The third-order valence-electron chi connectivity index (χ3n) is 5.56. The van der Waals surface area contributed by atoms with Crippen molar-refractivity contribution in [2.24, 2.45) is 0 Å². The number of amides is 1. The summed E-state index contributed by atoms with van der Waals surface area (Å²) in [7, 11) is 6.79. The van der Waals surface area contributed by atoms with E-state index in [0.29, 0.717) is 41.5 Å². The van der Waals surface area contributed by atoms with Crippen molar-refractivity contribution in [3.63, 3.8) is 0 Å². The molecule has 1 aliphatic rings. The molecule has 2 aromatic carbocycles. The molecule has 1 N–H and O–H groups in total. The molecule has 0 radical (unpaired) electrons. The molecule has 34 heavy (non-hydrogen) atoms. The molecule has 1 amide bonds. The van der Waals surface area contributed by atoms with Gasteiger partial charge in [-0.25, -0.2) is 0 Å². The summed E-state index contributed by atoms with van der Waals surface area (Å²) in [4.78, 5) is 29.7. The summed E-state index contributed by atoms with van der Waals surface area (Å²) in [6, 6.07) is 11.2. The van der Waals surface area contributed by atoms with Crippen molar-refractivity contribution in [1.29, 1.82) is 0 Å². The van der Waals surface area contributed by atoms with Crippen LogP contribution in [-0.2, 0) is 9.59 Å². The molecule has 1 saturated heterocycles. The van der Waals surface area contributed by atoms with E-state index in [4.69, 9.17) is 14.2 Å². The number of Topliss-reactive ketones (excluding diaryl/α,β-unsaturated/α-hetero) is 1. The fraction of sp³-hybridized carbons (Fsp3) is 0.385. The maximum atomic E-state index is 13.2. The number of hydrogen-bond acceptors (Lipinski definition) is 7. The van der Waals surface area contributed by atoms with Gasteiger partial charge in [0.15, 0.2) is 11.5 Å². The number of ether oxygens (including phenoxy) is 3. The normalized spacial score (nSPS) is 17.5. The van der Waals surface area contributed by atoms with E-state index in [-0.39, 0.29) is 17.4 Å². The number of methoxy groups -OCH3 is 2. The van der Waals surface area contributed by atoms with Gasteiger partial charge in [-0.3, -0.25) is 9.59 Å². The van der Waals surface area contributed by atoms with Gasteiger partial charge in [0.1, 0.15) is 11.5 Å². The Morgan fingerprint density at radius 3 is 2.29 bits per heavy atom. The minimum absolute atomic E-state index is 0.00185. The summed E-state index contributed by atoms with van der Waals surface area (Å²) in [5.41, 5.74) is 0.975. The number of nitrogens with zero attached hydrogens (tertiary/aromatic N) is 2. The number of rotatable bonds is 9. The Morgan fingerprint density at radius 1 is 1.06 bits per heavy atom. The molecule has 0 bridgehead atoms. The van der Waals surface area contributed by atoms with Gasteiger partial charge in [-0.15, -0.1) is 0 Å². The van der Waals surface area contributed by atoms with Gasteiger partial charge in [0.25, 0.3) is 11.7 Å². The SMILES string of the molecule is COc1cccc(C2/C(=C(/O)c3ccc(OC(C)C)cc3)C(=O)C(=O)N2CCN(C)C)c1OC. The molecule has 1 atom stereocenters. The number of carbonyl (C=O) groups excluding carboxylic acids is 2. The summed E-state index contributed by atoms with van der Waals surface area (Å²) < 4.78 is 16.7. The summed E-state index contributed by atoms with van der Waals surface area (Å²) in [6.45, 7) is 4.67. The number of likely N-dealkylation sites (N-methyl/N-ethyl adjacent to an activating group) is 1. The van der Waals surface area contributed by atoms with E-state index in [0.717, 1.165) is 0 Å². The van der Waals surface area contributed by atoms with E-state index < -0.39 is 17.7 Å². The highest BCUT2D eigenvalue weighted by Gasteiger charge is 2.47. The Hall–Kier alpha value is -3.52. The van der Waals surface area contributed by atoms with Gasteiger partial charge in [0, 0.05) is 24.2 Å².